The van der Waals surface area contributed by atoms with E-state index in [2.05, 4.69) is 10.2 Å². The number of carbonyl (C=O) groups is 2. The van der Waals surface area contributed by atoms with Crippen LogP contribution in [-0.2, 0) is 9.59 Å². The van der Waals surface area contributed by atoms with Crippen molar-refractivity contribution in [2.24, 2.45) is 11.3 Å². The van der Waals surface area contributed by atoms with Crippen LogP contribution in [0.2, 0.25) is 0 Å². The summed E-state index contributed by atoms with van der Waals surface area (Å²) in [6.07, 6.45) is 9.46. The molecule has 2 amide bonds. The number of hydrogen-bond acceptors (Lipinski definition) is 3. The maximum absolute atomic E-state index is 13.1. The van der Waals surface area contributed by atoms with E-state index in [4.69, 9.17) is 0 Å². The molecule has 0 bridgehead atoms. The van der Waals surface area contributed by atoms with Gasteiger partial charge in [-0.2, -0.15) is 0 Å². The summed E-state index contributed by atoms with van der Waals surface area (Å²) in [4.78, 5) is 29.3. The number of rotatable bonds is 4. The van der Waals surface area contributed by atoms with E-state index in [1.165, 1.54) is 32.1 Å². The number of hydrogen-bond donors (Lipinski definition) is 1. The molecular formula is C18H31N3O2. The number of amides is 2. The molecule has 1 unspecified atom stereocenters. The molecule has 23 heavy (non-hydrogen) atoms. The maximum atomic E-state index is 13.1. The lowest BCUT2D eigenvalue weighted by Gasteiger charge is -2.41. The van der Waals surface area contributed by atoms with Gasteiger partial charge < -0.3 is 15.1 Å². The fourth-order valence-electron chi connectivity index (χ4n) is 4.73. The number of likely N-dealkylation sites (N-methyl/N-ethyl adjacent to an activating group) is 1. The zero-order valence-electron chi connectivity index (χ0n) is 14.5. The highest BCUT2D eigenvalue weighted by atomic mass is 16.2. The smallest absolute Gasteiger partial charge is 0.236 e. The van der Waals surface area contributed by atoms with Crippen LogP contribution in [0.5, 0.6) is 0 Å². The summed E-state index contributed by atoms with van der Waals surface area (Å²) >= 11 is 0. The molecule has 0 aromatic heterocycles. The molecule has 5 nitrogen and oxygen atoms in total. The Morgan fingerprint density at radius 2 is 1.96 bits per heavy atom. The Kier molecular flexibility index (Phi) is 5.24. The average molecular weight is 321 g/mol. The summed E-state index contributed by atoms with van der Waals surface area (Å²) in [6.45, 7) is 3.61. The van der Waals surface area contributed by atoms with Crippen molar-refractivity contribution in [3.63, 3.8) is 0 Å². The summed E-state index contributed by atoms with van der Waals surface area (Å²) in [6, 6.07) is 0. The van der Waals surface area contributed by atoms with Gasteiger partial charge in [0.2, 0.25) is 11.8 Å². The van der Waals surface area contributed by atoms with E-state index >= 15 is 0 Å². The number of nitrogens with one attached hydrogen (secondary N) is 1. The van der Waals surface area contributed by atoms with Crippen molar-refractivity contribution in [2.75, 3.05) is 39.8 Å². The third-order valence-corrected chi connectivity index (χ3v) is 6.06. The molecule has 0 aromatic rings. The molecule has 3 fully saturated rings. The quantitative estimate of drug-likeness (QED) is 0.856. The van der Waals surface area contributed by atoms with Crippen molar-refractivity contribution in [3.8, 4) is 0 Å². The van der Waals surface area contributed by atoms with Gasteiger partial charge in [-0.05, 0) is 45.1 Å². The molecule has 3 aliphatic rings. The average Bonchev–Trinajstić information content (AvgIpc) is 2.99. The molecule has 1 spiro atoms. The lowest BCUT2D eigenvalue weighted by atomic mass is 9.77. The molecule has 2 heterocycles. The Morgan fingerprint density at radius 3 is 2.70 bits per heavy atom. The van der Waals surface area contributed by atoms with E-state index in [9.17, 15) is 9.59 Å². The lowest BCUT2D eigenvalue weighted by Crippen LogP contribution is -2.52. The van der Waals surface area contributed by atoms with Crippen LogP contribution in [0.25, 0.3) is 0 Å². The first-order chi connectivity index (χ1) is 11.1. The molecule has 2 saturated heterocycles. The summed E-state index contributed by atoms with van der Waals surface area (Å²) < 4.78 is 0. The number of carbonyl (C=O) groups excluding carboxylic acids is 2. The highest BCUT2D eigenvalue weighted by Gasteiger charge is 2.49. The van der Waals surface area contributed by atoms with E-state index in [-0.39, 0.29) is 11.3 Å². The molecule has 2 aliphatic heterocycles. The fourth-order valence-corrected chi connectivity index (χ4v) is 4.73. The van der Waals surface area contributed by atoms with Crippen LogP contribution in [0.1, 0.15) is 51.4 Å². The van der Waals surface area contributed by atoms with Crippen molar-refractivity contribution in [2.45, 2.75) is 51.4 Å². The Morgan fingerprint density at radius 1 is 1.17 bits per heavy atom. The first-order valence-corrected chi connectivity index (χ1v) is 9.36. The van der Waals surface area contributed by atoms with Gasteiger partial charge in [-0.15, -0.1) is 0 Å². The van der Waals surface area contributed by atoms with Crippen LogP contribution in [0.15, 0.2) is 0 Å². The third kappa shape index (κ3) is 3.54. The lowest BCUT2D eigenvalue weighted by molar-refractivity contribution is -0.147. The monoisotopic (exact) mass is 321 g/mol. The summed E-state index contributed by atoms with van der Waals surface area (Å²) in [5.74, 6) is 1.15. The van der Waals surface area contributed by atoms with Gasteiger partial charge in [-0.3, -0.25) is 9.59 Å². The molecule has 1 aliphatic carbocycles. The van der Waals surface area contributed by atoms with E-state index < -0.39 is 0 Å². The van der Waals surface area contributed by atoms with Crippen molar-refractivity contribution in [3.05, 3.63) is 0 Å². The minimum atomic E-state index is -0.281. The van der Waals surface area contributed by atoms with E-state index in [1.807, 2.05) is 4.90 Å². The van der Waals surface area contributed by atoms with Gasteiger partial charge in [0.1, 0.15) is 0 Å². The zero-order valence-corrected chi connectivity index (χ0v) is 14.5. The van der Waals surface area contributed by atoms with Crippen LogP contribution in [0, 0.1) is 11.3 Å². The van der Waals surface area contributed by atoms with Crippen LogP contribution in [-0.4, -0.2) is 61.4 Å². The van der Waals surface area contributed by atoms with Gasteiger partial charge >= 0.3 is 0 Å². The largest absolute Gasteiger partial charge is 0.342 e. The first kappa shape index (κ1) is 16.7. The molecule has 130 valence electrons. The number of nitrogens with zero attached hydrogens (tertiary/aromatic N) is 2. The van der Waals surface area contributed by atoms with Gasteiger partial charge in [-0.1, -0.05) is 19.3 Å². The summed E-state index contributed by atoms with van der Waals surface area (Å²) in [5.41, 5.74) is -0.281. The van der Waals surface area contributed by atoms with Gasteiger partial charge in [0, 0.05) is 26.2 Å². The van der Waals surface area contributed by atoms with Crippen LogP contribution in [0.4, 0.5) is 0 Å². The molecule has 3 rings (SSSR count). The minimum absolute atomic E-state index is 0.126. The van der Waals surface area contributed by atoms with E-state index in [0.717, 1.165) is 38.9 Å². The molecule has 5 heteroatoms. The molecular weight excluding hydrogens is 290 g/mol. The molecule has 1 atom stereocenters. The van der Waals surface area contributed by atoms with Crippen molar-refractivity contribution in [1.29, 1.82) is 0 Å². The Bertz CT molecular complexity index is 448. The van der Waals surface area contributed by atoms with E-state index in [1.54, 1.807) is 7.05 Å². The summed E-state index contributed by atoms with van der Waals surface area (Å²) in [7, 11) is 1.79. The molecule has 1 saturated carbocycles. The Hall–Kier alpha value is -1.10. The van der Waals surface area contributed by atoms with Crippen LogP contribution in [0.3, 0.4) is 0 Å². The van der Waals surface area contributed by atoms with Gasteiger partial charge in [0.15, 0.2) is 0 Å². The standard InChI is InChI=1S/C18H31N3O2/c1-19-12-16(22)21-11-9-18(14-21)8-5-10-20(17(18)23)13-15-6-3-2-4-7-15/h15,19H,2-14H2,1H3. The minimum Gasteiger partial charge on any atom is -0.342 e. The number of likely N-dealkylation sites (tertiary alicyclic amines) is 2. The third-order valence-electron chi connectivity index (χ3n) is 6.06. The highest BCUT2D eigenvalue weighted by Crippen LogP contribution is 2.40. The van der Waals surface area contributed by atoms with Gasteiger partial charge in [-0.25, -0.2) is 0 Å². The highest BCUT2D eigenvalue weighted by molar-refractivity contribution is 5.86. The topological polar surface area (TPSA) is 52.7 Å². The first-order valence-electron chi connectivity index (χ1n) is 9.36. The SMILES string of the molecule is CNCC(=O)N1CCC2(CCCN(CC3CCCCC3)C2=O)C1. The van der Waals surface area contributed by atoms with Crippen LogP contribution < -0.4 is 5.32 Å². The second kappa shape index (κ2) is 7.20. The Labute approximate surface area is 139 Å². The molecule has 0 radical (unpaired) electrons. The Balaban J connectivity index is 1.61. The van der Waals surface area contributed by atoms with Crippen molar-refractivity contribution >= 4 is 11.8 Å². The fraction of sp³-hybridized carbons (Fsp3) is 0.889. The van der Waals surface area contributed by atoms with Crippen molar-refractivity contribution in [1.82, 2.24) is 15.1 Å². The second-order valence-electron chi connectivity index (χ2n) is 7.73. The van der Waals surface area contributed by atoms with Gasteiger partial charge in [0.25, 0.3) is 0 Å². The maximum Gasteiger partial charge on any atom is 0.236 e. The zero-order chi connectivity index (χ0) is 16.3. The van der Waals surface area contributed by atoms with Crippen LogP contribution >= 0.6 is 0 Å². The second-order valence-corrected chi connectivity index (χ2v) is 7.73. The predicted octanol–water partition coefficient (Wildman–Crippen LogP) is 1.63. The summed E-state index contributed by atoms with van der Waals surface area (Å²) in [5, 5.41) is 2.92. The van der Waals surface area contributed by atoms with Crippen molar-refractivity contribution < 1.29 is 9.59 Å². The van der Waals surface area contributed by atoms with E-state index in [0.29, 0.717) is 24.9 Å². The number of piperidine rings is 1. The van der Waals surface area contributed by atoms with Gasteiger partial charge in [0.05, 0.1) is 12.0 Å². The molecule has 1 N–H and O–H groups in total. The predicted molar refractivity (Wildman–Crippen MR) is 89.9 cm³/mol. The normalized spacial score (nSPS) is 29.5. The molecule has 0 aromatic carbocycles.